The number of nitrogen functional groups attached to an aromatic ring is 1. The number of hydrogen-bond acceptors (Lipinski definition) is 5. The number of allylic oxidation sites excluding steroid dienone is 6. The quantitative estimate of drug-likeness (QED) is 0.218. The summed E-state index contributed by atoms with van der Waals surface area (Å²) in [6.45, 7) is 5.41. The first-order valence-corrected chi connectivity index (χ1v) is 11.1. The summed E-state index contributed by atoms with van der Waals surface area (Å²) in [5.41, 5.74) is 9.21. The Hall–Kier alpha value is -4.45. The average molecular weight is 470 g/mol. The molecule has 180 valence electrons. The van der Waals surface area contributed by atoms with Gasteiger partial charge in [0, 0.05) is 31.2 Å². The molecule has 0 radical (unpaired) electrons. The van der Waals surface area contributed by atoms with Crippen LogP contribution in [0.4, 0.5) is 11.4 Å². The lowest BCUT2D eigenvalue weighted by Gasteiger charge is -2.13. The molecule has 1 amide bonds. The van der Waals surface area contributed by atoms with Crippen LogP contribution in [-0.2, 0) is 14.4 Å². The number of carbonyl (C=O) groups is 3. The molecule has 6 nitrogen and oxygen atoms in total. The zero-order valence-electron chi connectivity index (χ0n) is 20.3. The number of nitrogens with two attached hydrogens (primary N) is 1. The Morgan fingerprint density at radius 1 is 0.886 bits per heavy atom. The molecule has 0 aliphatic heterocycles. The number of hydrogen-bond donors (Lipinski definition) is 2. The van der Waals surface area contributed by atoms with Gasteiger partial charge in [0.05, 0.1) is 0 Å². The van der Waals surface area contributed by atoms with Crippen LogP contribution in [0.5, 0.6) is 0 Å². The third-order valence-corrected chi connectivity index (χ3v) is 4.97. The summed E-state index contributed by atoms with van der Waals surface area (Å²) in [6, 6.07) is 14.4. The number of rotatable bonds is 11. The van der Waals surface area contributed by atoms with Gasteiger partial charge in [-0.3, -0.25) is 14.4 Å². The molecule has 6 heteroatoms. The van der Waals surface area contributed by atoms with Crippen LogP contribution >= 0.6 is 0 Å². The summed E-state index contributed by atoms with van der Waals surface area (Å²) >= 11 is 0. The number of carbonyl (C=O) groups excluding carboxylic acids is 3. The smallest absolute Gasteiger partial charge is 0.243 e. The molecule has 1 unspecified atom stereocenters. The van der Waals surface area contributed by atoms with Gasteiger partial charge in [-0.25, -0.2) is 0 Å². The molecule has 0 aromatic heterocycles. The summed E-state index contributed by atoms with van der Waals surface area (Å²) in [5, 5.41) is 2.64. The van der Waals surface area contributed by atoms with Crippen LogP contribution in [0.2, 0.25) is 0 Å². The standard InChI is InChI=1S/C29H31N3O3/c1-5-7-24(8-6-2)31-29(35)28(26(33)19-13-21-9-15-23(30)16-10-21)27(34)20-14-22-11-17-25(18-12-22)32(3)4/h5-20,28H,1,30H2,2-4H3,(H,31,35)/b8-6-,19-13+,20-14+,24-7+. The first-order valence-electron chi connectivity index (χ1n) is 11.1. The molecule has 0 fully saturated rings. The third kappa shape index (κ3) is 8.44. The van der Waals surface area contributed by atoms with E-state index in [-0.39, 0.29) is 0 Å². The first-order chi connectivity index (χ1) is 16.7. The summed E-state index contributed by atoms with van der Waals surface area (Å²) in [7, 11) is 3.87. The number of anilines is 2. The van der Waals surface area contributed by atoms with Crippen molar-refractivity contribution in [2.45, 2.75) is 6.92 Å². The van der Waals surface area contributed by atoms with Crippen molar-refractivity contribution >= 4 is 41.0 Å². The van der Waals surface area contributed by atoms with Gasteiger partial charge in [0.25, 0.3) is 0 Å². The van der Waals surface area contributed by atoms with Gasteiger partial charge in [-0.1, -0.05) is 55.1 Å². The van der Waals surface area contributed by atoms with Gasteiger partial charge in [-0.05, 0) is 66.6 Å². The topological polar surface area (TPSA) is 92.5 Å². The van der Waals surface area contributed by atoms with Crippen molar-refractivity contribution in [1.29, 1.82) is 0 Å². The number of benzene rings is 2. The number of ketones is 2. The molecule has 0 heterocycles. The number of nitrogens with zero attached hydrogens (tertiary/aromatic N) is 1. The average Bonchev–Trinajstić information content (AvgIpc) is 2.83. The first kappa shape index (κ1) is 26.8. The minimum atomic E-state index is -1.55. The zero-order valence-corrected chi connectivity index (χ0v) is 20.3. The van der Waals surface area contributed by atoms with Gasteiger partial charge in [-0.15, -0.1) is 0 Å². The third-order valence-electron chi connectivity index (χ3n) is 4.97. The SMILES string of the molecule is C=C/C=C(\C=C/C)NC(=O)C(C(=O)/C=C/c1ccc(N)cc1)C(=O)/C=C/c1ccc(N(C)C)cc1. The second-order valence-electron chi connectivity index (χ2n) is 7.90. The van der Waals surface area contributed by atoms with Crippen molar-refractivity contribution in [2.75, 3.05) is 24.7 Å². The fourth-order valence-electron chi connectivity index (χ4n) is 3.10. The van der Waals surface area contributed by atoms with E-state index in [1.54, 1.807) is 61.6 Å². The number of nitrogens with one attached hydrogen (secondary N) is 1. The molecule has 2 rings (SSSR count). The molecule has 0 aliphatic rings. The van der Waals surface area contributed by atoms with E-state index in [0.717, 1.165) is 16.8 Å². The molecule has 2 aromatic rings. The van der Waals surface area contributed by atoms with Gasteiger partial charge in [0.2, 0.25) is 5.91 Å². The van der Waals surface area contributed by atoms with Gasteiger partial charge in [-0.2, -0.15) is 0 Å². The Bertz CT molecular complexity index is 1170. The van der Waals surface area contributed by atoms with Gasteiger partial charge >= 0.3 is 0 Å². The highest BCUT2D eigenvalue weighted by Gasteiger charge is 2.31. The van der Waals surface area contributed by atoms with Crippen molar-refractivity contribution in [3.05, 3.63) is 108 Å². The van der Waals surface area contributed by atoms with Gasteiger partial charge < -0.3 is 16.0 Å². The van der Waals surface area contributed by atoms with Crippen molar-refractivity contribution in [2.24, 2.45) is 5.92 Å². The molecule has 35 heavy (non-hydrogen) atoms. The molecule has 0 saturated carbocycles. The summed E-state index contributed by atoms with van der Waals surface area (Å²) in [5.74, 6) is -3.52. The molecule has 0 bridgehead atoms. The minimum Gasteiger partial charge on any atom is -0.399 e. The molecule has 1 atom stereocenters. The van der Waals surface area contributed by atoms with E-state index < -0.39 is 23.4 Å². The molecular formula is C29H31N3O3. The van der Waals surface area contributed by atoms with E-state index in [1.165, 1.54) is 18.2 Å². The van der Waals surface area contributed by atoms with E-state index in [2.05, 4.69) is 11.9 Å². The molecule has 2 aromatic carbocycles. The maximum atomic E-state index is 13.0. The van der Waals surface area contributed by atoms with Crippen LogP contribution in [0.25, 0.3) is 12.2 Å². The summed E-state index contributed by atoms with van der Waals surface area (Å²) in [4.78, 5) is 41.0. The van der Waals surface area contributed by atoms with Crippen LogP contribution < -0.4 is 16.0 Å². The van der Waals surface area contributed by atoms with E-state index in [1.807, 2.05) is 43.3 Å². The fraction of sp³-hybridized carbons (Fsp3) is 0.138. The Kier molecular flexibility index (Phi) is 10.2. The Balaban J connectivity index is 2.31. The van der Waals surface area contributed by atoms with Crippen molar-refractivity contribution < 1.29 is 14.4 Å². The van der Waals surface area contributed by atoms with Crippen molar-refractivity contribution in [1.82, 2.24) is 5.32 Å². The van der Waals surface area contributed by atoms with Gasteiger partial charge in [0.15, 0.2) is 17.5 Å². The lowest BCUT2D eigenvalue weighted by atomic mass is 9.95. The normalized spacial score (nSPS) is 12.7. The highest BCUT2D eigenvalue weighted by molar-refractivity contribution is 6.26. The van der Waals surface area contributed by atoms with Crippen LogP contribution in [0.1, 0.15) is 18.1 Å². The van der Waals surface area contributed by atoms with Crippen LogP contribution in [0.15, 0.2) is 97.3 Å². The maximum Gasteiger partial charge on any atom is 0.243 e. The lowest BCUT2D eigenvalue weighted by molar-refractivity contribution is -0.136. The zero-order chi connectivity index (χ0) is 25.8. The Morgan fingerprint density at radius 3 is 1.86 bits per heavy atom. The predicted molar refractivity (Wildman–Crippen MR) is 144 cm³/mol. The second kappa shape index (κ2) is 13.3. The van der Waals surface area contributed by atoms with E-state index in [4.69, 9.17) is 5.73 Å². The van der Waals surface area contributed by atoms with Crippen molar-refractivity contribution in [3.8, 4) is 0 Å². The fourth-order valence-corrected chi connectivity index (χ4v) is 3.10. The van der Waals surface area contributed by atoms with Crippen LogP contribution in [-0.4, -0.2) is 31.6 Å². The van der Waals surface area contributed by atoms with Crippen molar-refractivity contribution in [3.63, 3.8) is 0 Å². The number of amides is 1. The molecule has 0 saturated heterocycles. The summed E-state index contributed by atoms with van der Waals surface area (Å²) in [6.07, 6.45) is 12.1. The minimum absolute atomic E-state index is 0.420. The monoisotopic (exact) mass is 469 g/mol. The summed E-state index contributed by atoms with van der Waals surface area (Å²) < 4.78 is 0. The van der Waals surface area contributed by atoms with E-state index in [9.17, 15) is 14.4 Å². The van der Waals surface area contributed by atoms with Gasteiger partial charge in [0.1, 0.15) is 0 Å². The maximum absolute atomic E-state index is 13.0. The van der Waals surface area contributed by atoms with E-state index in [0.29, 0.717) is 11.4 Å². The lowest BCUT2D eigenvalue weighted by Crippen LogP contribution is -2.38. The predicted octanol–water partition coefficient (Wildman–Crippen LogP) is 4.58. The molecule has 3 N–H and O–H groups in total. The Labute approximate surface area is 206 Å². The van der Waals surface area contributed by atoms with Crippen LogP contribution in [0, 0.1) is 5.92 Å². The Morgan fingerprint density at radius 2 is 1.40 bits per heavy atom. The molecule has 0 aliphatic carbocycles. The highest BCUT2D eigenvalue weighted by atomic mass is 16.2. The van der Waals surface area contributed by atoms with E-state index >= 15 is 0 Å². The second-order valence-corrected chi connectivity index (χ2v) is 7.90. The van der Waals surface area contributed by atoms with Crippen LogP contribution in [0.3, 0.4) is 0 Å². The largest absolute Gasteiger partial charge is 0.399 e. The molecule has 0 spiro atoms. The molecular weight excluding hydrogens is 438 g/mol. The highest BCUT2D eigenvalue weighted by Crippen LogP contribution is 2.15.